The summed E-state index contributed by atoms with van der Waals surface area (Å²) in [5.74, 6) is -0.385. The summed E-state index contributed by atoms with van der Waals surface area (Å²) < 4.78 is 16.3. The van der Waals surface area contributed by atoms with Gasteiger partial charge in [-0.05, 0) is 57.5 Å². The molecule has 0 fully saturated rings. The van der Waals surface area contributed by atoms with Crippen LogP contribution in [0.4, 0.5) is 0 Å². The molecule has 0 aliphatic rings. The SMILES string of the molecule is CCOC(=O)/C(=C/c1cc(OC)ccc1Br)CC(=O)OC(C)(C)C. The van der Waals surface area contributed by atoms with Gasteiger partial charge in [-0.3, -0.25) is 4.79 Å². The van der Waals surface area contributed by atoms with Crippen LogP contribution in [0.3, 0.4) is 0 Å². The van der Waals surface area contributed by atoms with Crippen molar-refractivity contribution in [1.29, 1.82) is 0 Å². The molecule has 0 atom stereocenters. The molecule has 0 aliphatic carbocycles. The maximum atomic E-state index is 12.2. The third kappa shape index (κ3) is 6.74. The molecule has 0 amide bonds. The molecule has 6 heteroatoms. The van der Waals surface area contributed by atoms with Gasteiger partial charge in [0.15, 0.2) is 0 Å². The zero-order chi connectivity index (χ0) is 18.3. The summed E-state index contributed by atoms with van der Waals surface area (Å²) >= 11 is 3.42. The Hall–Kier alpha value is -1.82. The van der Waals surface area contributed by atoms with Crippen LogP contribution in [0.25, 0.3) is 6.08 Å². The molecule has 0 saturated carbocycles. The standard InChI is InChI=1S/C18H23BrO5/c1-6-23-17(21)13(11-16(20)24-18(2,3)4)9-12-10-14(22-5)7-8-15(12)19/h7-10H,6,11H2,1-5H3/b13-9+. The lowest BCUT2D eigenvalue weighted by Crippen LogP contribution is -2.25. The summed E-state index contributed by atoms with van der Waals surface area (Å²) in [6.45, 7) is 7.26. The first kappa shape index (κ1) is 20.2. The van der Waals surface area contributed by atoms with Crippen molar-refractivity contribution in [3.63, 3.8) is 0 Å². The third-order valence-corrected chi connectivity index (χ3v) is 3.55. The number of ether oxygens (including phenoxy) is 3. The molecule has 0 spiro atoms. The fourth-order valence-corrected chi connectivity index (χ4v) is 2.25. The molecule has 0 heterocycles. The van der Waals surface area contributed by atoms with E-state index in [1.165, 1.54) is 0 Å². The first-order chi connectivity index (χ1) is 11.2. The molecule has 1 aromatic rings. The van der Waals surface area contributed by atoms with Crippen LogP contribution in [0.15, 0.2) is 28.2 Å². The highest BCUT2D eigenvalue weighted by molar-refractivity contribution is 9.10. The van der Waals surface area contributed by atoms with Gasteiger partial charge in [0, 0.05) is 10.0 Å². The lowest BCUT2D eigenvalue weighted by Gasteiger charge is -2.19. The van der Waals surface area contributed by atoms with Crippen LogP contribution in [0.2, 0.25) is 0 Å². The van der Waals surface area contributed by atoms with E-state index in [1.807, 2.05) is 0 Å². The summed E-state index contributed by atoms with van der Waals surface area (Å²) in [4.78, 5) is 24.2. The molecule has 0 bridgehead atoms. The topological polar surface area (TPSA) is 61.8 Å². The molecular formula is C18H23BrO5. The Bertz CT molecular complexity index is 629. The van der Waals surface area contributed by atoms with Crippen molar-refractivity contribution < 1.29 is 23.8 Å². The molecule has 0 saturated heterocycles. The van der Waals surface area contributed by atoms with Gasteiger partial charge in [0.05, 0.1) is 20.1 Å². The fourth-order valence-electron chi connectivity index (χ4n) is 1.89. The lowest BCUT2D eigenvalue weighted by atomic mass is 10.1. The second-order valence-corrected chi connectivity index (χ2v) is 6.90. The minimum atomic E-state index is -0.618. The minimum Gasteiger partial charge on any atom is -0.497 e. The second kappa shape index (κ2) is 8.87. The van der Waals surface area contributed by atoms with E-state index in [0.29, 0.717) is 11.3 Å². The van der Waals surface area contributed by atoms with E-state index in [9.17, 15) is 9.59 Å². The Balaban J connectivity index is 3.14. The molecule has 24 heavy (non-hydrogen) atoms. The number of esters is 2. The number of hydrogen-bond donors (Lipinski definition) is 0. The lowest BCUT2D eigenvalue weighted by molar-refractivity contribution is -0.155. The van der Waals surface area contributed by atoms with E-state index < -0.39 is 17.5 Å². The van der Waals surface area contributed by atoms with Gasteiger partial charge in [0.2, 0.25) is 0 Å². The monoisotopic (exact) mass is 398 g/mol. The van der Waals surface area contributed by atoms with Crippen molar-refractivity contribution in [2.24, 2.45) is 0 Å². The van der Waals surface area contributed by atoms with Crippen molar-refractivity contribution in [3.05, 3.63) is 33.8 Å². The van der Waals surface area contributed by atoms with Gasteiger partial charge in [-0.2, -0.15) is 0 Å². The number of carbonyl (C=O) groups is 2. The number of halogens is 1. The van der Waals surface area contributed by atoms with E-state index in [1.54, 1.807) is 59.1 Å². The average Bonchev–Trinajstić information content (AvgIpc) is 2.47. The van der Waals surface area contributed by atoms with Crippen molar-refractivity contribution in [2.45, 2.75) is 39.7 Å². The molecule has 0 N–H and O–H groups in total. The maximum absolute atomic E-state index is 12.2. The molecule has 5 nitrogen and oxygen atoms in total. The molecule has 0 aliphatic heterocycles. The Morgan fingerprint density at radius 3 is 2.46 bits per heavy atom. The number of hydrogen-bond acceptors (Lipinski definition) is 5. The van der Waals surface area contributed by atoms with Gasteiger partial charge >= 0.3 is 11.9 Å². The molecular weight excluding hydrogens is 376 g/mol. The van der Waals surface area contributed by atoms with Gasteiger partial charge in [-0.15, -0.1) is 0 Å². The number of benzene rings is 1. The second-order valence-electron chi connectivity index (χ2n) is 6.04. The van der Waals surface area contributed by atoms with Gasteiger partial charge in [-0.25, -0.2) is 4.79 Å². The van der Waals surface area contributed by atoms with E-state index in [-0.39, 0.29) is 18.6 Å². The van der Waals surface area contributed by atoms with Crippen LogP contribution in [-0.2, 0) is 19.1 Å². The van der Waals surface area contributed by atoms with Crippen LogP contribution >= 0.6 is 15.9 Å². The average molecular weight is 399 g/mol. The summed E-state index contributed by atoms with van der Waals surface area (Å²) in [7, 11) is 1.56. The zero-order valence-electron chi connectivity index (χ0n) is 14.6. The predicted molar refractivity (Wildman–Crippen MR) is 95.8 cm³/mol. The van der Waals surface area contributed by atoms with E-state index in [0.717, 1.165) is 4.47 Å². The summed E-state index contributed by atoms with van der Waals surface area (Å²) in [5.41, 5.74) is 0.314. The van der Waals surface area contributed by atoms with Crippen LogP contribution in [-0.4, -0.2) is 31.3 Å². The van der Waals surface area contributed by atoms with Crippen molar-refractivity contribution in [3.8, 4) is 5.75 Å². The molecule has 1 rings (SSSR count). The highest BCUT2D eigenvalue weighted by atomic mass is 79.9. The van der Waals surface area contributed by atoms with Crippen molar-refractivity contribution in [2.75, 3.05) is 13.7 Å². The summed E-state index contributed by atoms with van der Waals surface area (Å²) in [6.07, 6.45) is 1.44. The van der Waals surface area contributed by atoms with Crippen LogP contribution < -0.4 is 4.74 Å². The summed E-state index contributed by atoms with van der Waals surface area (Å²) in [5, 5.41) is 0. The van der Waals surface area contributed by atoms with E-state index in [4.69, 9.17) is 14.2 Å². The van der Waals surface area contributed by atoms with E-state index in [2.05, 4.69) is 15.9 Å². The zero-order valence-corrected chi connectivity index (χ0v) is 16.2. The van der Waals surface area contributed by atoms with Gasteiger partial charge < -0.3 is 14.2 Å². The Kier molecular flexibility index (Phi) is 7.48. The predicted octanol–water partition coefficient (Wildman–Crippen LogP) is 4.14. The maximum Gasteiger partial charge on any atom is 0.334 e. The first-order valence-corrected chi connectivity index (χ1v) is 8.38. The highest BCUT2D eigenvalue weighted by Gasteiger charge is 2.21. The largest absolute Gasteiger partial charge is 0.497 e. The smallest absolute Gasteiger partial charge is 0.334 e. The summed E-state index contributed by atoms with van der Waals surface area (Å²) in [6, 6.07) is 5.36. The Labute approximate surface area is 151 Å². The third-order valence-electron chi connectivity index (χ3n) is 2.83. The fraction of sp³-hybridized carbons (Fsp3) is 0.444. The molecule has 0 radical (unpaired) electrons. The Morgan fingerprint density at radius 2 is 1.92 bits per heavy atom. The highest BCUT2D eigenvalue weighted by Crippen LogP contribution is 2.26. The van der Waals surface area contributed by atoms with Crippen molar-refractivity contribution >= 4 is 33.9 Å². The van der Waals surface area contributed by atoms with Crippen molar-refractivity contribution in [1.82, 2.24) is 0 Å². The molecule has 1 aromatic carbocycles. The molecule has 0 aromatic heterocycles. The minimum absolute atomic E-state index is 0.167. The Morgan fingerprint density at radius 1 is 1.25 bits per heavy atom. The number of rotatable bonds is 6. The normalized spacial score (nSPS) is 11.8. The van der Waals surface area contributed by atoms with E-state index >= 15 is 0 Å². The van der Waals surface area contributed by atoms with Crippen LogP contribution in [0.1, 0.15) is 39.7 Å². The first-order valence-electron chi connectivity index (χ1n) is 7.59. The molecule has 132 valence electrons. The van der Waals surface area contributed by atoms with Crippen LogP contribution in [0.5, 0.6) is 5.75 Å². The molecule has 0 unspecified atom stereocenters. The number of carbonyl (C=O) groups excluding carboxylic acids is 2. The van der Waals surface area contributed by atoms with Gasteiger partial charge in [0.25, 0.3) is 0 Å². The number of methoxy groups -OCH3 is 1. The van der Waals surface area contributed by atoms with Gasteiger partial charge in [0.1, 0.15) is 11.4 Å². The van der Waals surface area contributed by atoms with Gasteiger partial charge in [-0.1, -0.05) is 15.9 Å². The quantitative estimate of drug-likeness (QED) is 0.532. The van der Waals surface area contributed by atoms with Crippen LogP contribution in [0, 0.1) is 0 Å².